The third-order valence-electron chi connectivity index (χ3n) is 3.59. The average molecular weight is 323 g/mol. The highest BCUT2D eigenvalue weighted by atomic mass is 16.5. The van der Waals surface area contributed by atoms with E-state index in [1.165, 1.54) is 6.92 Å². The molecule has 0 aliphatic heterocycles. The molecule has 0 aromatic heterocycles. The van der Waals surface area contributed by atoms with Crippen LogP contribution in [0.1, 0.15) is 44.4 Å². The van der Waals surface area contributed by atoms with Crippen LogP contribution in [0.3, 0.4) is 0 Å². The second-order valence-corrected chi connectivity index (χ2v) is 6.10. The predicted molar refractivity (Wildman–Crippen MR) is 91.2 cm³/mol. The zero-order valence-electron chi connectivity index (χ0n) is 15.0. The fraction of sp³-hybridized carbons (Fsp3) is 0.611. The van der Waals surface area contributed by atoms with Crippen molar-refractivity contribution in [2.24, 2.45) is 0 Å². The molecule has 0 spiro atoms. The molecule has 0 saturated carbocycles. The third-order valence-corrected chi connectivity index (χ3v) is 3.59. The van der Waals surface area contributed by atoms with Gasteiger partial charge < -0.3 is 19.9 Å². The summed E-state index contributed by atoms with van der Waals surface area (Å²) >= 11 is 0. The lowest BCUT2D eigenvalue weighted by atomic mass is 10.0. The number of carbonyl (C=O) groups is 1. The van der Waals surface area contributed by atoms with E-state index < -0.39 is 6.10 Å². The lowest BCUT2D eigenvalue weighted by Crippen LogP contribution is -2.35. The molecule has 0 amide bonds. The van der Waals surface area contributed by atoms with Gasteiger partial charge in [0.1, 0.15) is 24.2 Å². The molecule has 2 N–H and O–H groups in total. The zero-order chi connectivity index (χ0) is 17.6. The van der Waals surface area contributed by atoms with Crippen molar-refractivity contribution in [2.45, 2.75) is 60.1 Å². The van der Waals surface area contributed by atoms with Gasteiger partial charge in [-0.15, -0.1) is 0 Å². The van der Waals surface area contributed by atoms with Gasteiger partial charge in [0.25, 0.3) is 0 Å². The molecule has 0 unspecified atom stereocenters. The van der Waals surface area contributed by atoms with Crippen molar-refractivity contribution in [1.29, 1.82) is 0 Å². The molecule has 1 aromatic carbocycles. The Balaban J connectivity index is 2.88. The summed E-state index contributed by atoms with van der Waals surface area (Å²) in [6, 6.07) is 2.19. The van der Waals surface area contributed by atoms with E-state index in [0.29, 0.717) is 18.3 Å². The maximum atomic E-state index is 11.3. The zero-order valence-corrected chi connectivity index (χ0v) is 15.0. The molecule has 5 heteroatoms. The third kappa shape index (κ3) is 5.84. The number of nitrogens with one attached hydrogen (secondary N) is 1. The first-order valence-electron chi connectivity index (χ1n) is 8.11. The molecule has 1 aromatic rings. The Labute approximate surface area is 139 Å². The molecule has 1 rings (SSSR count). The first-order chi connectivity index (χ1) is 10.8. The van der Waals surface area contributed by atoms with E-state index in [-0.39, 0.29) is 12.6 Å². The minimum absolute atomic E-state index is 0.221. The number of aliphatic hydroxyl groups is 1. The average Bonchev–Trinajstić information content (AvgIpc) is 2.46. The molecule has 0 fully saturated rings. The SMILES string of the molecule is CCc1c(OC[C@H](O)CNC(C)C)cc(C)c(OC(C)=O)c1C. The first kappa shape index (κ1) is 19.5. The topological polar surface area (TPSA) is 67.8 Å². The van der Waals surface area contributed by atoms with Gasteiger partial charge in [0, 0.05) is 25.1 Å². The molecule has 23 heavy (non-hydrogen) atoms. The lowest BCUT2D eigenvalue weighted by molar-refractivity contribution is -0.131. The minimum Gasteiger partial charge on any atom is -0.491 e. The summed E-state index contributed by atoms with van der Waals surface area (Å²) in [5.74, 6) is 1.01. The molecule has 0 bridgehead atoms. The fourth-order valence-electron chi connectivity index (χ4n) is 2.45. The summed E-state index contributed by atoms with van der Waals surface area (Å²) in [7, 11) is 0. The van der Waals surface area contributed by atoms with Crippen molar-refractivity contribution in [3.8, 4) is 11.5 Å². The Hall–Kier alpha value is -1.59. The quantitative estimate of drug-likeness (QED) is 0.568. The smallest absolute Gasteiger partial charge is 0.308 e. The van der Waals surface area contributed by atoms with Crippen LogP contribution < -0.4 is 14.8 Å². The van der Waals surface area contributed by atoms with Crippen molar-refractivity contribution in [3.63, 3.8) is 0 Å². The van der Waals surface area contributed by atoms with Crippen LogP contribution >= 0.6 is 0 Å². The van der Waals surface area contributed by atoms with Gasteiger partial charge in [0.15, 0.2) is 0 Å². The van der Waals surface area contributed by atoms with Gasteiger partial charge in [0.05, 0.1) is 0 Å². The van der Waals surface area contributed by atoms with Gasteiger partial charge in [-0.2, -0.15) is 0 Å². The first-order valence-corrected chi connectivity index (χ1v) is 8.11. The number of rotatable bonds is 8. The van der Waals surface area contributed by atoms with Crippen LogP contribution in [-0.4, -0.2) is 36.4 Å². The molecular formula is C18H29NO4. The summed E-state index contributed by atoms with van der Waals surface area (Å²) in [4.78, 5) is 11.3. The van der Waals surface area contributed by atoms with Crippen LogP contribution in [0.15, 0.2) is 6.07 Å². The largest absolute Gasteiger partial charge is 0.491 e. The Morgan fingerprint density at radius 3 is 2.52 bits per heavy atom. The summed E-state index contributed by atoms with van der Waals surface area (Å²) in [6.45, 7) is 12.0. The van der Waals surface area contributed by atoms with Crippen LogP contribution in [-0.2, 0) is 11.2 Å². The molecule has 0 aliphatic rings. The molecule has 0 saturated heterocycles. The molecule has 5 nitrogen and oxygen atoms in total. The standard InChI is InChI=1S/C18H29NO4/c1-7-16-13(5)18(23-14(6)20)12(4)8-17(16)22-10-15(21)9-19-11(2)3/h8,11,15,19,21H,7,9-10H2,1-6H3/t15-/m1/s1. The Morgan fingerprint density at radius 1 is 1.35 bits per heavy atom. The highest BCUT2D eigenvalue weighted by Crippen LogP contribution is 2.34. The lowest BCUT2D eigenvalue weighted by Gasteiger charge is -2.20. The van der Waals surface area contributed by atoms with Crippen LogP contribution in [0.25, 0.3) is 0 Å². The van der Waals surface area contributed by atoms with Crippen molar-refractivity contribution >= 4 is 5.97 Å². The number of ether oxygens (including phenoxy) is 2. The van der Waals surface area contributed by atoms with E-state index >= 15 is 0 Å². The fourth-order valence-corrected chi connectivity index (χ4v) is 2.45. The van der Waals surface area contributed by atoms with Gasteiger partial charge in [-0.1, -0.05) is 20.8 Å². The second-order valence-electron chi connectivity index (χ2n) is 6.10. The number of aliphatic hydroxyl groups excluding tert-OH is 1. The summed E-state index contributed by atoms with van der Waals surface area (Å²) in [5.41, 5.74) is 2.75. The molecule has 0 radical (unpaired) electrons. The molecule has 130 valence electrons. The highest BCUT2D eigenvalue weighted by molar-refractivity contribution is 5.71. The van der Waals surface area contributed by atoms with Gasteiger partial charge in [-0.05, 0) is 37.5 Å². The van der Waals surface area contributed by atoms with Gasteiger partial charge >= 0.3 is 5.97 Å². The van der Waals surface area contributed by atoms with Crippen LogP contribution in [0.5, 0.6) is 11.5 Å². The number of carbonyl (C=O) groups excluding carboxylic acids is 1. The Bertz CT molecular complexity index is 540. The van der Waals surface area contributed by atoms with E-state index in [2.05, 4.69) is 5.32 Å². The normalized spacial score (nSPS) is 12.3. The molecule has 0 heterocycles. The van der Waals surface area contributed by atoms with E-state index in [1.807, 2.05) is 40.7 Å². The number of hydrogen-bond donors (Lipinski definition) is 2. The second kappa shape index (κ2) is 8.89. The maximum absolute atomic E-state index is 11.3. The molecule has 0 aliphatic carbocycles. The van der Waals surface area contributed by atoms with E-state index in [4.69, 9.17) is 9.47 Å². The highest BCUT2D eigenvalue weighted by Gasteiger charge is 2.16. The Morgan fingerprint density at radius 2 is 2.00 bits per heavy atom. The molecular weight excluding hydrogens is 294 g/mol. The maximum Gasteiger partial charge on any atom is 0.308 e. The van der Waals surface area contributed by atoms with Crippen LogP contribution in [0.2, 0.25) is 0 Å². The Kier molecular flexibility index (Phi) is 7.52. The van der Waals surface area contributed by atoms with Crippen LogP contribution in [0.4, 0.5) is 0 Å². The predicted octanol–water partition coefficient (Wildman–Crippen LogP) is 2.53. The van der Waals surface area contributed by atoms with Crippen LogP contribution in [0, 0.1) is 13.8 Å². The van der Waals surface area contributed by atoms with Crippen molar-refractivity contribution in [2.75, 3.05) is 13.2 Å². The van der Waals surface area contributed by atoms with Crippen molar-refractivity contribution in [3.05, 3.63) is 22.8 Å². The van der Waals surface area contributed by atoms with Gasteiger partial charge in [0.2, 0.25) is 0 Å². The summed E-state index contributed by atoms with van der Waals surface area (Å²) in [6.07, 6.45) is 0.187. The van der Waals surface area contributed by atoms with E-state index in [1.54, 1.807) is 0 Å². The number of benzene rings is 1. The van der Waals surface area contributed by atoms with Gasteiger partial charge in [-0.3, -0.25) is 4.79 Å². The minimum atomic E-state index is -0.573. The van der Waals surface area contributed by atoms with Crippen molar-refractivity contribution < 1.29 is 19.4 Å². The summed E-state index contributed by atoms with van der Waals surface area (Å²) in [5, 5.41) is 13.2. The van der Waals surface area contributed by atoms with Crippen molar-refractivity contribution in [1.82, 2.24) is 5.32 Å². The number of esters is 1. The van der Waals surface area contributed by atoms with E-state index in [0.717, 1.165) is 28.9 Å². The molecule has 1 atom stereocenters. The van der Waals surface area contributed by atoms with E-state index in [9.17, 15) is 9.90 Å². The number of hydrogen-bond acceptors (Lipinski definition) is 5. The monoisotopic (exact) mass is 323 g/mol. The summed E-state index contributed by atoms with van der Waals surface area (Å²) < 4.78 is 11.1. The number of aryl methyl sites for hydroxylation is 1. The van der Waals surface area contributed by atoms with Gasteiger partial charge in [-0.25, -0.2) is 0 Å².